The summed E-state index contributed by atoms with van der Waals surface area (Å²) in [6, 6.07) is 3.60. The van der Waals surface area contributed by atoms with Gasteiger partial charge in [0.25, 0.3) is 0 Å². The van der Waals surface area contributed by atoms with Gasteiger partial charge in [0.15, 0.2) is 0 Å². The van der Waals surface area contributed by atoms with Gasteiger partial charge in [0.1, 0.15) is 0 Å². The van der Waals surface area contributed by atoms with Crippen LogP contribution in [0.4, 0.5) is 0 Å². The molecule has 0 fully saturated rings. The van der Waals surface area contributed by atoms with Crippen LogP contribution in [-0.2, 0) is 6.42 Å². The van der Waals surface area contributed by atoms with Gasteiger partial charge in [-0.25, -0.2) is 0 Å². The van der Waals surface area contributed by atoms with Crippen molar-refractivity contribution in [2.45, 2.75) is 20.3 Å². The molecule has 0 unspecified atom stereocenters. The number of pyridine rings is 1. The molecule has 1 nitrogen and oxygen atoms in total. The Morgan fingerprint density at radius 2 is 1.81 bits per heavy atom. The summed E-state index contributed by atoms with van der Waals surface area (Å²) in [4.78, 5) is 4.47. The molecule has 4 heteroatoms. The fraction of sp³-hybridized carbons (Fsp3) is 0.250. The van der Waals surface area contributed by atoms with Gasteiger partial charge in [0.2, 0.25) is 0 Å². The molecule has 0 N–H and O–H groups in total. The Morgan fingerprint density at radius 3 is 2.44 bits per heavy atom. The van der Waals surface area contributed by atoms with Gasteiger partial charge < -0.3 is 0 Å². The zero-order valence-electron chi connectivity index (χ0n) is 8.94. The Bertz CT molecular complexity index is 564. The summed E-state index contributed by atoms with van der Waals surface area (Å²) in [5.41, 5.74) is 2.64. The van der Waals surface area contributed by atoms with E-state index in [2.05, 4.69) is 11.9 Å². The minimum absolute atomic E-state index is 0.465. The third-order valence-electron chi connectivity index (χ3n) is 2.64. The van der Waals surface area contributed by atoms with Crippen molar-refractivity contribution < 1.29 is 0 Å². The molecule has 84 valence electrons. The van der Waals surface area contributed by atoms with Crippen molar-refractivity contribution in [3.05, 3.63) is 38.5 Å². The van der Waals surface area contributed by atoms with Crippen LogP contribution in [0.2, 0.25) is 15.1 Å². The van der Waals surface area contributed by atoms with Gasteiger partial charge in [-0.2, -0.15) is 0 Å². The number of benzene rings is 1. The smallest absolute Gasteiger partial charge is 0.0921 e. The molecule has 1 aromatic carbocycles. The van der Waals surface area contributed by atoms with E-state index >= 15 is 0 Å². The molecule has 0 spiro atoms. The molecular weight excluding hydrogens is 264 g/mol. The summed E-state index contributed by atoms with van der Waals surface area (Å²) in [6.45, 7) is 3.99. The second kappa shape index (κ2) is 4.40. The van der Waals surface area contributed by atoms with Gasteiger partial charge in [-0.1, -0.05) is 41.7 Å². The lowest BCUT2D eigenvalue weighted by atomic mass is 10.1. The van der Waals surface area contributed by atoms with E-state index in [1.54, 1.807) is 6.07 Å². The van der Waals surface area contributed by atoms with Crippen molar-refractivity contribution in [1.82, 2.24) is 4.98 Å². The summed E-state index contributed by atoms with van der Waals surface area (Å²) in [7, 11) is 0. The Balaban J connectivity index is 2.92. The third kappa shape index (κ3) is 1.77. The minimum Gasteiger partial charge on any atom is -0.251 e. The van der Waals surface area contributed by atoms with E-state index in [0.29, 0.717) is 15.6 Å². The molecule has 2 rings (SSSR count). The molecule has 0 aliphatic carbocycles. The number of fused-ring (bicyclic) bond motifs is 1. The first-order valence-electron chi connectivity index (χ1n) is 4.99. The van der Waals surface area contributed by atoms with Crippen LogP contribution in [0.5, 0.6) is 0 Å². The molecule has 0 bridgehead atoms. The van der Waals surface area contributed by atoms with E-state index in [1.165, 1.54) is 0 Å². The Labute approximate surface area is 109 Å². The van der Waals surface area contributed by atoms with E-state index in [9.17, 15) is 0 Å². The van der Waals surface area contributed by atoms with E-state index in [-0.39, 0.29) is 0 Å². The summed E-state index contributed by atoms with van der Waals surface area (Å²) in [5.74, 6) is 0. The van der Waals surface area contributed by atoms with Crippen LogP contribution in [0.25, 0.3) is 10.9 Å². The molecular formula is C12H10Cl3N. The second-order valence-corrected chi connectivity index (χ2v) is 4.76. The number of rotatable bonds is 1. The lowest BCUT2D eigenvalue weighted by molar-refractivity contribution is 1.07. The zero-order valence-corrected chi connectivity index (χ0v) is 11.2. The molecule has 0 amide bonds. The highest BCUT2D eigenvalue weighted by molar-refractivity contribution is 6.46. The van der Waals surface area contributed by atoms with Gasteiger partial charge in [-0.3, -0.25) is 4.98 Å². The molecule has 0 aliphatic rings. The van der Waals surface area contributed by atoms with E-state index < -0.39 is 0 Å². The first kappa shape index (κ1) is 12.0. The number of halogens is 3. The van der Waals surface area contributed by atoms with Crippen molar-refractivity contribution >= 4 is 45.7 Å². The normalized spacial score (nSPS) is 11.1. The molecule has 0 saturated carbocycles. The maximum Gasteiger partial charge on any atom is 0.0921 e. The quantitative estimate of drug-likeness (QED) is 0.708. The molecule has 0 radical (unpaired) electrons. The fourth-order valence-corrected chi connectivity index (χ4v) is 2.58. The first-order chi connectivity index (χ1) is 7.56. The SMILES string of the molecule is CCc1c(C)nc2c(Cl)c(Cl)ccc2c1Cl. The monoisotopic (exact) mass is 273 g/mol. The average molecular weight is 275 g/mol. The van der Waals surface area contributed by atoms with E-state index in [0.717, 1.165) is 28.1 Å². The highest BCUT2D eigenvalue weighted by Gasteiger charge is 2.13. The lowest BCUT2D eigenvalue weighted by Gasteiger charge is -2.10. The molecule has 0 atom stereocenters. The van der Waals surface area contributed by atoms with Crippen LogP contribution < -0.4 is 0 Å². The summed E-state index contributed by atoms with van der Waals surface area (Å²) >= 11 is 18.4. The van der Waals surface area contributed by atoms with Crippen LogP contribution in [0, 0.1) is 6.92 Å². The average Bonchev–Trinajstić information content (AvgIpc) is 2.25. The van der Waals surface area contributed by atoms with Crippen LogP contribution in [0.1, 0.15) is 18.2 Å². The van der Waals surface area contributed by atoms with Crippen molar-refractivity contribution in [3.63, 3.8) is 0 Å². The zero-order chi connectivity index (χ0) is 11.9. The van der Waals surface area contributed by atoms with Crippen LogP contribution >= 0.6 is 34.8 Å². The summed E-state index contributed by atoms with van der Waals surface area (Å²) in [6.07, 6.45) is 0.855. The van der Waals surface area contributed by atoms with Gasteiger partial charge in [-0.05, 0) is 31.0 Å². The van der Waals surface area contributed by atoms with Crippen molar-refractivity contribution in [1.29, 1.82) is 0 Å². The van der Waals surface area contributed by atoms with Gasteiger partial charge in [0.05, 0.1) is 20.6 Å². The van der Waals surface area contributed by atoms with Gasteiger partial charge in [-0.15, -0.1) is 0 Å². The summed E-state index contributed by atoms with van der Waals surface area (Å²) in [5, 5.41) is 2.55. The predicted molar refractivity (Wildman–Crippen MR) is 70.9 cm³/mol. The Morgan fingerprint density at radius 1 is 1.12 bits per heavy atom. The number of hydrogen-bond acceptors (Lipinski definition) is 1. The van der Waals surface area contributed by atoms with Crippen LogP contribution in [0.3, 0.4) is 0 Å². The van der Waals surface area contributed by atoms with Gasteiger partial charge >= 0.3 is 0 Å². The van der Waals surface area contributed by atoms with Crippen molar-refractivity contribution in [2.75, 3.05) is 0 Å². The van der Waals surface area contributed by atoms with E-state index in [1.807, 2.05) is 13.0 Å². The lowest BCUT2D eigenvalue weighted by Crippen LogP contribution is -1.95. The van der Waals surface area contributed by atoms with Gasteiger partial charge in [0, 0.05) is 11.1 Å². The van der Waals surface area contributed by atoms with Crippen molar-refractivity contribution in [3.8, 4) is 0 Å². The third-order valence-corrected chi connectivity index (χ3v) is 3.87. The first-order valence-corrected chi connectivity index (χ1v) is 6.12. The number of aryl methyl sites for hydroxylation is 1. The predicted octanol–water partition coefficient (Wildman–Crippen LogP) is 5.07. The topological polar surface area (TPSA) is 12.9 Å². The highest BCUT2D eigenvalue weighted by atomic mass is 35.5. The van der Waals surface area contributed by atoms with E-state index in [4.69, 9.17) is 34.8 Å². The Hall–Kier alpha value is -0.500. The molecule has 1 aromatic heterocycles. The Kier molecular flexibility index (Phi) is 3.29. The second-order valence-electron chi connectivity index (χ2n) is 3.60. The molecule has 16 heavy (non-hydrogen) atoms. The van der Waals surface area contributed by atoms with Crippen LogP contribution in [0.15, 0.2) is 12.1 Å². The molecule has 0 aliphatic heterocycles. The minimum atomic E-state index is 0.465. The molecule has 1 heterocycles. The number of aromatic nitrogens is 1. The number of hydrogen-bond donors (Lipinski definition) is 0. The maximum absolute atomic E-state index is 6.33. The molecule has 2 aromatic rings. The number of nitrogens with zero attached hydrogens (tertiary/aromatic N) is 1. The van der Waals surface area contributed by atoms with Crippen LogP contribution in [-0.4, -0.2) is 4.98 Å². The largest absolute Gasteiger partial charge is 0.251 e. The fourth-order valence-electron chi connectivity index (χ4n) is 1.79. The van der Waals surface area contributed by atoms with Crippen molar-refractivity contribution in [2.24, 2.45) is 0 Å². The summed E-state index contributed by atoms with van der Waals surface area (Å²) < 4.78 is 0. The highest BCUT2D eigenvalue weighted by Crippen LogP contribution is 2.35. The standard InChI is InChI=1S/C12H10Cl3N/c1-3-7-6(2)16-12-8(10(7)14)4-5-9(13)11(12)15/h4-5H,3H2,1-2H3. The maximum atomic E-state index is 6.33. The molecule has 0 saturated heterocycles.